The van der Waals surface area contributed by atoms with E-state index in [-0.39, 0.29) is 35.8 Å². The van der Waals surface area contributed by atoms with Crippen LogP contribution in [0.1, 0.15) is 42.4 Å². The zero-order valence-corrected chi connectivity index (χ0v) is 27.2. The second kappa shape index (κ2) is 9.86. The Kier molecular flexibility index (Phi) is 6.25. The molecule has 8 rings (SSSR count). The molecule has 46 heavy (non-hydrogen) atoms. The average molecular weight is 655 g/mol. The number of nitrogens with zero attached hydrogens (tertiary/aromatic N) is 3. The highest BCUT2D eigenvalue weighted by molar-refractivity contribution is 7.22. The monoisotopic (exact) mass is 654 g/mol. The van der Waals surface area contributed by atoms with Crippen LogP contribution in [0.5, 0.6) is 5.75 Å². The number of halogens is 1. The summed E-state index contributed by atoms with van der Waals surface area (Å²) >= 11 is 7.85. The second-order valence-corrected chi connectivity index (χ2v) is 14.7. The summed E-state index contributed by atoms with van der Waals surface area (Å²) < 4.78 is 2.62. The minimum absolute atomic E-state index is 0.0601. The summed E-state index contributed by atoms with van der Waals surface area (Å²) in [5.74, 6) is -4.02. The highest BCUT2D eigenvalue weighted by Gasteiger charge is 2.67. The van der Waals surface area contributed by atoms with E-state index in [0.717, 1.165) is 26.1 Å². The van der Waals surface area contributed by atoms with Crippen LogP contribution in [0, 0.1) is 42.9 Å². The maximum absolute atomic E-state index is 14.8. The molecule has 0 spiro atoms. The van der Waals surface area contributed by atoms with Crippen molar-refractivity contribution in [2.75, 3.05) is 4.90 Å². The van der Waals surface area contributed by atoms with Crippen LogP contribution in [0.15, 0.2) is 54.1 Å². The molecule has 2 aliphatic heterocycles. The fourth-order valence-electron chi connectivity index (χ4n) is 8.62. The number of hydrogen-bond acceptors (Lipinski definition) is 7. The third-order valence-electron chi connectivity index (χ3n) is 10.9. The van der Waals surface area contributed by atoms with Gasteiger partial charge in [-0.1, -0.05) is 41.4 Å². The summed E-state index contributed by atoms with van der Waals surface area (Å²) in [6.07, 6.45) is 2.57. The van der Waals surface area contributed by atoms with Gasteiger partial charge in [-0.2, -0.15) is 5.10 Å². The van der Waals surface area contributed by atoms with Gasteiger partial charge in [0.15, 0.2) is 0 Å². The fourth-order valence-corrected chi connectivity index (χ4v) is 9.94. The number of thiophene rings is 1. The molecule has 2 aliphatic carbocycles. The molecule has 0 unspecified atom stereocenters. The molecule has 4 aromatic rings. The molecule has 3 fully saturated rings. The van der Waals surface area contributed by atoms with Gasteiger partial charge in [-0.15, -0.1) is 11.3 Å². The molecule has 4 amide bonds. The van der Waals surface area contributed by atoms with E-state index in [2.05, 4.69) is 5.32 Å². The molecule has 9 nitrogen and oxygen atoms in total. The summed E-state index contributed by atoms with van der Waals surface area (Å²) in [5, 5.41) is 20.3. The molecule has 0 radical (unpaired) electrons. The van der Waals surface area contributed by atoms with Crippen LogP contribution in [-0.4, -0.2) is 38.5 Å². The van der Waals surface area contributed by atoms with Crippen molar-refractivity contribution in [1.29, 1.82) is 0 Å². The van der Waals surface area contributed by atoms with Crippen LogP contribution < -0.4 is 10.2 Å². The number of phenols is 1. The Morgan fingerprint density at radius 1 is 1.07 bits per heavy atom. The smallest absolute Gasteiger partial charge is 0.242 e. The van der Waals surface area contributed by atoms with Crippen molar-refractivity contribution in [2.45, 2.75) is 39.5 Å². The van der Waals surface area contributed by atoms with Crippen LogP contribution in [0.4, 0.5) is 5.82 Å². The highest BCUT2D eigenvalue weighted by Crippen LogP contribution is 2.64. The molecule has 11 heteroatoms. The quantitative estimate of drug-likeness (QED) is 0.213. The lowest BCUT2D eigenvalue weighted by atomic mass is 9.51. The van der Waals surface area contributed by atoms with Crippen LogP contribution in [0.2, 0.25) is 5.02 Å². The number of aryl methyl sites for hydroxylation is 3. The van der Waals surface area contributed by atoms with Gasteiger partial charge in [0.2, 0.25) is 23.6 Å². The van der Waals surface area contributed by atoms with Gasteiger partial charge in [-0.25, -0.2) is 4.90 Å². The minimum atomic E-state index is -1.26. The SMILES string of the molecule is Cc1cccc([C@H]2C3=CC[C@@H]4C(=O)NC(=O)[C@@H]4[C@@H]3C[C@H]3C(=O)N(c4cc(-c5sc6ccc(Cl)cc6c5C)nn4C)C(=O)[C@@]23C)c1O. The zero-order chi connectivity index (χ0) is 32.4. The number of para-hydroxylation sites is 1. The number of benzene rings is 2. The van der Waals surface area contributed by atoms with Gasteiger partial charge in [0.1, 0.15) is 17.3 Å². The standard InChI is InChI=1S/C35H31ClN4O5S/c1-15-6-5-7-20(29(15)41)28-18-9-10-19-27(32(43)37-31(19)42)22(18)13-23-33(44)40(34(45)35(23,28)3)26-14-24(38-39(26)4)30-16(2)21-12-17(36)8-11-25(21)46-30/h5-9,11-12,14,19,22-23,27-28,41H,10,13H2,1-4H3,(H,37,42,43)/t19-,22+,23-,27-,28+,35+/m0/s1. The zero-order valence-electron chi connectivity index (χ0n) is 25.6. The number of amides is 4. The first-order chi connectivity index (χ1) is 21.9. The van der Waals surface area contributed by atoms with Crippen molar-refractivity contribution < 1.29 is 24.3 Å². The van der Waals surface area contributed by atoms with Gasteiger partial charge >= 0.3 is 0 Å². The third kappa shape index (κ3) is 3.77. The summed E-state index contributed by atoms with van der Waals surface area (Å²) in [7, 11) is 1.72. The number of anilines is 1. The predicted molar refractivity (Wildman–Crippen MR) is 174 cm³/mol. The lowest BCUT2D eigenvalue weighted by Crippen LogP contribution is -2.48. The number of carbonyl (C=O) groups excluding carboxylic acids is 4. The number of carbonyl (C=O) groups is 4. The van der Waals surface area contributed by atoms with Gasteiger partial charge in [-0.3, -0.25) is 29.2 Å². The largest absolute Gasteiger partial charge is 0.507 e. The Bertz CT molecular complexity index is 2100. The topological polar surface area (TPSA) is 122 Å². The summed E-state index contributed by atoms with van der Waals surface area (Å²) in [6, 6.07) is 12.9. The minimum Gasteiger partial charge on any atom is -0.507 e. The Hall–Kier alpha value is -4.28. The molecule has 2 aromatic carbocycles. The lowest BCUT2D eigenvalue weighted by Gasteiger charge is -2.49. The molecule has 234 valence electrons. The average Bonchev–Trinajstić information content (AvgIpc) is 3.70. The predicted octanol–water partition coefficient (Wildman–Crippen LogP) is 5.80. The molecule has 1 saturated carbocycles. The Morgan fingerprint density at radius 2 is 1.85 bits per heavy atom. The van der Waals surface area contributed by atoms with E-state index >= 15 is 0 Å². The molecule has 2 aromatic heterocycles. The van der Waals surface area contributed by atoms with Crippen molar-refractivity contribution in [1.82, 2.24) is 15.1 Å². The molecule has 4 aliphatic rings. The van der Waals surface area contributed by atoms with Crippen molar-refractivity contribution in [2.24, 2.45) is 36.1 Å². The fraction of sp³-hybridized carbons (Fsp3) is 0.343. The van der Waals surface area contributed by atoms with E-state index in [4.69, 9.17) is 16.7 Å². The number of hydrogen-bond donors (Lipinski definition) is 2. The van der Waals surface area contributed by atoms with Crippen molar-refractivity contribution in [3.8, 4) is 16.3 Å². The van der Waals surface area contributed by atoms with E-state index in [0.29, 0.717) is 34.1 Å². The first-order valence-electron chi connectivity index (χ1n) is 15.4. The Balaban J connectivity index is 1.27. The van der Waals surface area contributed by atoms with Crippen LogP contribution in [-0.2, 0) is 26.2 Å². The van der Waals surface area contributed by atoms with Gasteiger partial charge < -0.3 is 5.11 Å². The van der Waals surface area contributed by atoms with E-state index in [1.54, 1.807) is 48.2 Å². The Morgan fingerprint density at radius 3 is 2.63 bits per heavy atom. The van der Waals surface area contributed by atoms with E-state index < -0.39 is 35.0 Å². The number of aromatic nitrogens is 2. The van der Waals surface area contributed by atoms with Gasteiger partial charge in [0.05, 0.1) is 28.0 Å². The number of fused-ring (bicyclic) bond motifs is 5. The van der Waals surface area contributed by atoms with E-state index in [1.165, 1.54) is 4.90 Å². The maximum Gasteiger partial charge on any atom is 0.242 e. The molecule has 6 atom stereocenters. The summed E-state index contributed by atoms with van der Waals surface area (Å²) in [5.41, 5.74) is 2.41. The second-order valence-electron chi connectivity index (χ2n) is 13.2. The molecule has 2 N–H and O–H groups in total. The summed E-state index contributed by atoms with van der Waals surface area (Å²) in [6.45, 7) is 5.61. The molecular formula is C35H31ClN4O5S. The number of rotatable bonds is 3. The number of phenolic OH excluding ortho intramolecular Hbond substituents is 1. The molecule has 2 saturated heterocycles. The maximum atomic E-state index is 14.8. The van der Waals surface area contributed by atoms with Crippen molar-refractivity contribution >= 4 is 62.5 Å². The van der Waals surface area contributed by atoms with E-state index in [9.17, 15) is 24.3 Å². The lowest BCUT2D eigenvalue weighted by molar-refractivity contribution is -0.131. The summed E-state index contributed by atoms with van der Waals surface area (Å²) in [4.78, 5) is 57.4. The van der Waals surface area contributed by atoms with Crippen LogP contribution in [0.25, 0.3) is 20.7 Å². The number of imide groups is 2. The first kappa shape index (κ1) is 29.1. The number of nitrogens with one attached hydrogen (secondary N) is 1. The third-order valence-corrected chi connectivity index (χ3v) is 12.4. The molecular weight excluding hydrogens is 624 g/mol. The normalized spacial score (nSPS) is 28.8. The number of allylic oxidation sites excluding steroid dienone is 2. The molecule has 0 bridgehead atoms. The highest BCUT2D eigenvalue weighted by atomic mass is 35.5. The van der Waals surface area contributed by atoms with Crippen molar-refractivity contribution in [3.05, 3.63) is 75.8 Å². The molecule has 4 heterocycles. The Labute approximate surface area is 273 Å². The van der Waals surface area contributed by atoms with Crippen molar-refractivity contribution in [3.63, 3.8) is 0 Å². The van der Waals surface area contributed by atoms with Gasteiger partial charge in [0.25, 0.3) is 0 Å². The first-order valence-corrected chi connectivity index (χ1v) is 16.6. The van der Waals surface area contributed by atoms with E-state index in [1.807, 2.05) is 44.2 Å². The van der Waals surface area contributed by atoms with Crippen LogP contribution in [0.3, 0.4) is 0 Å². The van der Waals surface area contributed by atoms with Gasteiger partial charge in [-0.05, 0) is 74.2 Å². The number of aromatic hydroxyl groups is 1. The van der Waals surface area contributed by atoms with Gasteiger partial charge in [0, 0.05) is 34.3 Å². The van der Waals surface area contributed by atoms with Crippen LogP contribution >= 0.6 is 22.9 Å².